The molecule has 20 heavy (non-hydrogen) atoms. The molecule has 0 amide bonds. The monoisotopic (exact) mass is 277 g/mol. The first kappa shape index (κ1) is 13.5. The lowest BCUT2D eigenvalue weighted by molar-refractivity contribution is -0.385. The zero-order valence-corrected chi connectivity index (χ0v) is 10.3. The van der Waals surface area contributed by atoms with Gasteiger partial charge in [0.1, 0.15) is 6.20 Å². The lowest BCUT2D eigenvalue weighted by Gasteiger charge is -2.07. The second-order valence-electron chi connectivity index (χ2n) is 4.04. The van der Waals surface area contributed by atoms with Gasteiger partial charge in [-0.15, -0.1) is 0 Å². The van der Waals surface area contributed by atoms with Crippen LogP contribution in [0.5, 0.6) is 0 Å². The molecule has 0 aliphatic rings. The molecule has 0 aliphatic heterocycles. The first-order valence-electron chi connectivity index (χ1n) is 5.64. The summed E-state index contributed by atoms with van der Waals surface area (Å²) in [5, 5.41) is 10.6. The van der Waals surface area contributed by atoms with Crippen molar-refractivity contribution in [3.63, 3.8) is 0 Å². The maximum atomic E-state index is 11.5. The molecule has 2 aromatic heterocycles. The second-order valence-corrected chi connectivity index (χ2v) is 4.04. The summed E-state index contributed by atoms with van der Waals surface area (Å²) < 4.78 is 2.40. The number of nitrogen functional groups attached to an aromatic ring is 1. The van der Waals surface area contributed by atoms with Gasteiger partial charge in [-0.3, -0.25) is 19.5 Å². The number of aryl methyl sites for hydroxylation is 2. The van der Waals surface area contributed by atoms with E-state index in [1.54, 1.807) is 0 Å². The van der Waals surface area contributed by atoms with Gasteiger partial charge in [0.05, 0.1) is 11.1 Å². The number of nitrogens with two attached hydrogens (primary N) is 1. The third kappa shape index (κ3) is 2.88. The average molecular weight is 277 g/mol. The normalized spacial score (nSPS) is 10.4. The summed E-state index contributed by atoms with van der Waals surface area (Å²) >= 11 is 0. The van der Waals surface area contributed by atoms with Crippen molar-refractivity contribution in [1.29, 1.82) is 0 Å². The van der Waals surface area contributed by atoms with Gasteiger partial charge < -0.3 is 10.3 Å². The Balaban J connectivity index is 2.25. The van der Waals surface area contributed by atoms with Crippen LogP contribution in [0, 0.1) is 10.1 Å². The van der Waals surface area contributed by atoms with Gasteiger partial charge in [-0.1, -0.05) is 0 Å². The lowest BCUT2D eigenvalue weighted by Crippen LogP contribution is -2.27. The van der Waals surface area contributed by atoms with E-state index in [4.69, 9.17) is 5.73 Å². The molecule has 0 aromatic carbocycles. The molecule has 0 atom stereocenters. The first-order chi connectivity index (χ1) is 9.47. The molecule has 0 aliphatic carbocycles. The molecule has 9 heteroatoms. The van der Waals surface area contributed by atoms with Gasteiger partial charge in [0.25, 0.3) is 5.56 Å². The van der Waals surface area contributed by atoms with Crippen LogP contribution in [0.25, 0.3) is 0 Å². The lowest BCUT2D eigenvalue weighted by atomic mass is 10.4. The summed E-state index contributed by atoms with van der Waals surface area (Å²) in [6.07, 6.45) is 3.43. The van der Waals surface area contributed by atoms with Crippen LogP contribution in [0.1, 0.15) is 0 Å². The number of hydrogen-bond acceptors (Lipinski definition) is 6. The van der Waals surface area contributed by atoms with E-state index in [9.17, 15) is 19.7 Å². The van der Waals surface area contributed by atoms with Crippen molar-refractivity contribution in [2.75, 3.05) is 5.73 Å². The van der Waals surface area contributed by atoms with E-state index in [1.165, 1.54) is 22.9 Å². The van der Waals surface area contributed by atoms with Crippen LogP contribution in [0.3, 0.4) is 0 Å². The minimum atomic E-state index is -0.643. The minimum Gasteiger partial charge on any atom is -0.398 e. The Hall–Kier alpha value is -2.97. The summed E-state index contributed by atoms with van der Waals surface area (Å²) in [4.78, 5) is 36.4. The molecule has 0 bridgehead atoms. The van der Waals surface area contributed by atoms with E-state index in [0.29, 0.717) is 5.69 Å². The Kier molecular flexibility index (Phi) is 3.60. The predicted octanol–water partition coefficient (Wildman–Crippen LogP) is -0.404. The van der Waals surface area contributed by atoms with E-state index < -0.39 is 10.6 Å². The molecule has 0 saturated carbocycles. The zero-order valence-electron chi connectivity index (χ0n) is 10.3. The van der Waals surface area contributed by atoms with Crippen molar-refractivity contribution >= 4 is 11.4 Å². The third-order valence-corrected chi connectivity index (χ3v) is 2.64. The molecule has 0 fully saturated rings. The van der Waals surface area contributed by atoms with Gasteiger partial charge in [-0.05, 0) is 6.07 Å². The van der Waals surface area contributed by atoms with Crippen molar-refractivity contribution in [1.82, 2.24) is 14.1 Å². The van der Waals surface area contributed by atoms with Crippen molar-refractivity contribution in [2.24, 2.45) is 0 Å². The highest BCUT2D eigenvalue weighted by atomic mass is 16.6. The minimum absolute atomic E-state index is 0.0802. The van der Waals surface area contributed by atoms with Crippen LogP contribution in [-0.2, 0) is 13.1 Å². The summed E-state index contributed by atoms with van der Waals surface area (Å²) in [7, 11) is 0. The standard InChI is InChI=1S/C11H11N5O4/c12-8-1-2-10(17)14(6-8)3-4-15-7-9(16(19)20)5-13-11(15)18/h1-2,5-7H,3-4,12H2. The Morgan fingerprint density at radius 3 is 2.60 bits per heavy atom. The van der Waals surface area contributed by atoms with Crippen LogP contribution >= 0.6 is 0 Å². The molecule has 2 rings (SSSR count). The van der Waals surface area contributed by atoms with Crippen molar-refractivity contribution < 1.29 is 4.92 Å². The van der Waals surface area contributed by atoms with Crippen LogP contribution in [0.2, 0.25) is 0 Å². The Morgan fingerprint density at radius 2 is 1.90 bits per heavy atom. The maximum Gasteiger partial charge on any atom is 0.348 e. The molecule has 104 valence electrons. The molecule has 2 N–H and O–H groups in total. The molecule has 0 spiro atoms. The van der Waals surface area contributed by atoms with Gasteiger partial charge in [0.15, 0.2) is 0 Å². The van der Waals surface area contributed by atoms with Crippen molar-refractivity contribution in [3.8, 4) is 0 Å². The predicted molar refractivity (Wildman–Crippen MR) is 70.3 cm³/mol. The van der Waals surface area contributed by atoms with Gasteiger partial charge in [0.2, 0.25) is 0 Å². The number of pyridine rings is 1. The summed E-state index contributed by atoms with van der Waals surface area (Å²) in [6, 6.07) is 2.78. The van der Waals surface area contributed by atoms with Gasteiger partial charge in [-0.2, -0.15) is 4.98 Å². The highest BCUT2D eigenvalue weighted by Gasteiger charge is 2.09. The first-order valence-corrected chi connectivity index (χ1v) is 5.64. The molecular formula is C11H11N5O4. The van der Waals surface area contributed by atoms with Gasteiger partial charge in [0, 0.05) is 31.0 Å². The molecule has 0 radical (unpaired) electrons. The number of nitro groups is 1. The largest absolute Gasteiger partial charge is 0.398 e. The van der Waals surface area contributed by atoms with E-state index in [2.05, 4.69) is 4.98 Å². The zero-order chi connectivity index (χ0) is 14.7. The SMILES string of the molecule is Nc1ccc(=O)n(CCn2cc([N+](=O)[O-])cnc2=O)c1. The van der Waals surface area contributed by atoms with Crippen LogP contribution < -0.4 is 17.0 Å². The van der Waals surface area contributed by atoms with E-state index in [-0.39, 0.29) is 24.3 Å². The fourth-order valence-corrected chi connectivity index (χ4v) is 1.64. The fourth-order valence-electron chi connectivity index (χ4n) is 1.64. The molecule has 0 unspecified atom stereocenters. The average Bonchev–Trinajstić information content (AvgIpc) is 2.41. The topological polar surface area (TPSA) is 126 Å². The Labute approximate surface area is 112 Å². The van der Waals surface area contributed by atoms with Crippen LogP contribution in [0.4, 0.5) is 11.4 Å². The third-order valence-electron chi connectivity index (χ3n) is 2.64. The quantitative estimate of drug-likeness (QED) is 0.598. The highest BCUT2D eigenvalue weighted by Crippen LogP contribution is 2.04. The molecule has 9 nitrogen and oxygen atoms in total. The van der Waals surface area contributed by atoms with E-state index in [1.807, 2.05) is 0 Å². The number of aromatic nitrogens is 3. The summed E-state index contributed by atoms with van der Waals surface area (Å²) in [5.74, 6) is 0. The maximum absolute atomic E-state index is 11.5. The van der Waals surface area contributed by atoms with Gasteiger partial charge in [-0.25, -0.2) is 4.79 Å². The van der Waals surface area contributed by atoms with Gasteiger partial charge >= 0.3 is 11.4 Å². The fraction of sp³-hybridized carbons (Fsp3) is 0.182. The summed E-state index contributed by atoms with van der Waals surface area (Å²) in [5.41, 5.74) is 4.79. The number of hydrogen-bond donors (Lipinski definition) is 1. The van der Waals surface area contributed by atoms with Crippen LogP contribution in [-0.4, -0.2) is 19.0 Å². The Bertz CT molecular complexity index is 764. The summed E-state index contributed by atoms with van der Waals surface area (Å²) in [6.45, 7) is 0.240. The number of nitrogens with zero attached hydrogens (tertiary/aromatic N) is 4. The second kappa shape index (κ2) is 5.34. The van der Waals surface area contributed by atoms with E-state index in [0.717, 1.165) is 17.0 Å². The van der Waals surface area contributed by atoms with Crippen molar-refractivity contribution in [2.45, 2.75) is 13.1 Å². The molecule has 2 heterocycles. The Morgan fingerprint density at radius 1 is 1.20 bits per heavy atom. The van der Waals surface area contributed by atoms with Crippen LogP contribution in [0.15, 0.2) is 40.3 Å². The number of rotatable bonds is 4. The van der Waals surface area contributed by atoms with Crippen molar-refractivity contribution in [3.05, 3.63) is 61.7 Å². The number of anilines is 1. The smallest absolute Gasteiger partial charge is 0.348 e. The van der Waals surface area contributed by atoms with E-state index >= 15 is 0 Å². The molecule has 0 saturated heterocycles. The molecular weight excluding hydrogens is 266 g/mol. The highest BCUT2D eigenvalue weighted by molar-refractivity contribution is 5.33. The molecule has 2 aromatic rings.